The minimum absolute atomic E-state index is 0.0337. The van der Waals surface area contributed by atoms with Gasteiger partial charge in [0, 0.05) is 73.0 Å². The minimum Gasteiger partial charge on any atom is -0.492 e. The lowest BCUT2D eigenvalue weighted by atomic mass is 9.70. The van der Waals surface area contributed by atoms with Gasteiger partial charge in [0.25, 0.3) is 11.5 Å². The zero-order valence-corrected chi connectivity index (χ0v) is 36.8. The van der Waals surface area contributed by atoms with Crippen LogP contribution in [0.15, 0.2) is 53.3 Å². The van der Waals surface area contributed by atoms with Crippen LogP contribution in [0.3, 0.4) is 0 Å². The minimum atomic E-state index is -0.621. The molecule has 3 aromatic carbocycles. The predicted octanol–water partition coefficient (Wildman–Crippen LogP) is 6.47. The van der Waals surface area contributed by atoms with Gasteiger partial charge in [0.15, 0.2) is 0 Å². The van der Waals surface area contributed by atoms with Crippen molar-refractivity contribution in [2.45, 2.75) is 113 Å². The highest BCUT2D eigenvalue weighted by Gasteiger charge is 2.49. The van der Waals surface area contributed by atoms with E-state index in [9.17, 15) is 19.2 Å². The Morgan fingerprint density at radius 3 is 2.38 bits per heavy atom. The Labute approximate surface area is 372 Å². The summed E-state index contributed by atoms with van der Waals surface area (Å²) >= 11 is 6.63. The first-order valence-corrected chi connectivity index (χ1v) is 24.1. The molecule has 0 unspecified atom stereocenters. The van der Waals surface area contributed by atoms with Gasteiger partial charge >= 0.3 is 0 Å². The van der Waals surface area contributed by atoms with Crippen molar-refractivity contribution in [3.05, 3.63) is 92.0 Å². The van der Waals surface area contributed by atoms with Crippen LogP contribution < -0.4 is 20.5 Å². The average molecular weight is 870 g/mol. The van der Waals surface area contributed by atoms with Crippen molar-refractivity contribution in [1.29, 1.82) is 0 Å². The van der Waals surface area contributed by atoms with Gasteiger partial charge in [-0.15, -0.1) is 0 Å². The molecule has 3 saturated heterocycles. The molecule has 8 aliphatic rings. The number of carbonyl (C=O) groups is 3. The molecule has 2 spiro atoms. The maximum Gasteiger partial charge on any atom is 0.282 e. The van der Waals surface area contributed by atoms with Crippen molar-refractivity contribution < 1.29 is 19.1 Å². The zero-order valence-electron chi connectivity index (χ0n) is 36.0. The van der Waals surface area contributed by atoms with Crippen molar-refractivity contribution in [2.24, 2.45) is 5.92 Å². The van der Waals surface area contributed by atoms with Crippen LogP contribution in [-0.4, -0.2) is 106 Å². The Hall–Kier alpha value is -4.78. The highest BCUT2D eigenvalue weighted by Crippen LogP contribution is 2.53. The molecule has 3 amide bonds. The molecule has 63 heavy (non-hydrogen) atoms. The molecule has 1 aromatic heterocycles. The summed E-state index contributed by atoms with van der Waals surface area (Å²) in [5.41, 5.74) is 6.87. The van der Waals surface area contributed by atoms with Crippen LogP contribution in [-0.2, 0) is 27.0 Å². The number of nitrogens with one attached hydrogen (secondary N) is 1. The molecule has 7 heterocycles. The first-order chi connectivity index (χ1) is 30.7. The normalized spacial score (nSPS) is 26.5. The smallest absolute Gasteiger partial charge is 0.282 e. The quantitative estimate of drug-likeness (QED) is 0.225. The van der Waals surface area contributed by atoms with Crippen LogP contribution in [0, 0.1) is 5.92 Å². The van der Waals surface area contributed by atoms with Gasteiger partial charge in [0.05, 0.1) is 40.2 Å². The highest BCUT2D eigenvalue weighted by atomic mass is 35.5. The monoisotopic (exact) mass is 869 g/mol. The number of benzene rings is 3. The molecule has 328 valence electrons. The molecule has 6 aliphatic heterocycles. The van der Waals surface area contributed by atoms with E-state index in [1.165, 1.54) is 48.9 Å². The van der Waals surface area contributed by atoms with Crippen LogP contribution in [0.5, 0.6) is 5.75 Å². The SMILES string of the molecule is O=C1CC[C@H](N2Cc3c(ccc4c3OCC43CCN(CC4CCC(N5CCN(c6ccc7c(c6)-n6c(nc(=O)c8c(Cl)cccc86)C76CCCCC6)CC5)CC4)CC3)C2=O)C(=O)N1. The second kappa shape index (κ2) is 15.2. The van der Waals surface area contributed by atoms with Gasteiger partial charge < -0.3 is 19.4 Å². The second-order valence-electron chi connectivity index (χ2n) is 20.0. The summed E-state index contributed by atoms with van der Waals surface area (Å²) in [6, 6.07) is 16.9. The first-order valence-electron chi connectivity index (χ1n) is 23.7. The molecule has 12 rings (SSSR count). The van der Waals surface area contributed by atoms with E-state index in [0.29, 0.717) is 41.6 Å². The van der Waals surface area contributed by atoms with Crippen molar-refractivity contribution in [3.8, 4) is 11.4 Å². The topological polar surface area (TPSA) is 120 Å². The molecule has 12 nitrogen and oxygen atoms in total. The van der Waals surface area contributed by atoms with E-state index >= 15 is 0 Å². The average Bonchev–Trinajstić information content (AvgIpc) is 3.92. The maximum absolute atomic E-state index is 13.4. The van der Waals surface area contributed by atoms with Gasteiger partial charge in [-0.05, 0) is 113 Å². The van der Waals surface area contributed by atoms with Crippen molar-refractivity contribution in [1.82, 2.24) is 29.6 Å². The number of fused-ring (bicyclic) bond motifs is 11. The lowest BCUT2D eigenvalue weighted by Gasteiger charge is -2.44. The highest BCUT2D eigenvalue weighted by molar-refractivity contribution is 6.35. The van der Waals surface area contributed by atoms with E-state index in [4.69, 9.17) is 21.3 Å². The number of hydrogen-bond acceptors (Lipinski definition) is 9. The molecular weight excluding hydrogens is 814 g/mol. The van der Waals surface area contributed by atoms with Crippen LogP contribution in [0.1, 0.15) is 116 Å². The third-order valence-corrected chi connectivity index (χ3v) is 17.1. The largest absolute Gasteiger partial charge is 0.492 e. The van der Waals surface area contributed by atoms with Gasteiger partial charge in [-0.2, -0.15) is 4.98 Å². The fourth-order valence-corrected chi connectivity index (χ4v) is 13.6. The number of piperazine rings is 1. The fourth-order valence-electron chi connectivity index (χ4n) is 13.3. The number of nitrogens with zero attached hydrogens (tertiary/aromatic N) is 6. The number of carbonyl (C=O) groups excluding carboxylic acids is 3. The third kappa shape index (κ3) is 6.32. The number of likely N-dealkylation sites (tertiary alicyclic amines) is 1. The van der Waals surface area contributed by atoms with Crippen molar-refractivity contribution in [2.75, 3.05) is 57.3 Å². The van der Waals surface area contributed by atoms with Gasteiger partial charge in [0.1, 0.15) is 17.6 Å². The Bertz CT molecular complexity index is 2620. The summed E-state index contributed by atoms with van der Waals surface area (Å²) in [6.07, 6.45) is 13.3. The molecular formula is C50H56ClN7O5. The summed E-state index contributed by atoms with van der Waals surface area (Å²) < 4.78 is 8.71. The van der Waals surface area contributed by atoms with E-state index in [2.05, 4.69) is 48.8 Å². The lowest BCUT2D eigenvalue weighted by molar-refractivity contribution is -0.136. The van der Waals surface area contributed by atoms with Crippen LogP contribution >= 0.6 is 11.6 Å². The van der Waals surface area contributed by atoms with Crippen LogP contribution in [0.4, 0.5) is 5.69 Å². The van der Waals surface area contributed by atoms with E-state index in [0.717, 1.165) is 119 Å². The zero-order chi connectivity index (χ0) is 42.6. The first kappa shape index (κ1) is 39.8. The van der Waals surface area contributed by atoms with E-state index in [1.54, 1.807) is 11.0 Å². The van der Waals surface area contributed by atoms with Crippen molar-refractivity contribution >= 4 is 45.9 Å². The third-order valence-electron chi connectivity index (χ3n) is 16.8. The van der Waals surface area contributed by atoms with Gasteiger partial charge in [-0.25, -0.2) is 0 Å². The van der Waals surface area contributed by atoms with Gasteiger partial charge in [-0.1, -0.05) is 49.1 Å². The summed E-state index contributed by atoms with van der Waals surface area (Å²) in [6.45, 7) is 8.42. The van der Waals surface area contributed by atoms with Crippen molar-refractivity contribution in [3.63, 3.8) is 0 Å². The molecule has 0 radical (unpaired) electrons. The summed E-state index contributed by atoms with van der Waals surface area (Å²) in [4.78, 5) is 65.7. The number of hydrogen-bond donors (Lipinski definition) is 1. The van der Waals surface area contributed by atoms with E-state index < -0.39 is 6.04 Å². The van der Waals surface area contributed by atoms with Crippen LogP contribution in [0.2, 0.25) is 5.02 Å². The Balaban J connectivity index is 0.658. The molecule has 5 fully saturated rings. The van der Waals surface area contributed by atoms with E-state index in [-0.39, 0.29) is 40.5 Å². The Kier molecular flexibility index (Phi) is 9.57. The molecule has 4 aromatic rings. The number of imide groups is 1. The number of aromatic nitrogens is 2. The standard InChI is InChI=1S/C50H56ClN7O5/c51-38-5-4-6-39-43(38)46(61)53-48-50(17-2-1-3-18-50)36-13-11-33(27-41(36)58(39)48)56-25-23-55(24-26-56)32-9-7-31(8-10-32)28-54-21-19-49(20-22-54)30-63-44-35-29-57(40-15-16-42(59)52-45(40)60)47(62)34(35)12-14-37(44)49/h4-6,11-14,27,31-32,40H,1-3,7-10,15-26,28-30H2,(H,52,59,60)/t31?,32?,40-/m0/s1. The summed E-state index contributed by atoms with van der Waals surface area (Å²) in [7, 11) is 0. The molecule has 0 bridgehead atoms. The molecule has 1 N–H and O–H groups in total. The molecule has 13 heteroatoms. The number of halogens is 1. The summed E-state index contributed by atoms with van der Waals surface area (Å²) in [5.74, 6) is 1.68. The van der Waals surface area contributed by atoms with Gasteiger partial charge in [-0.3, -0.25) is 34.0 Å². The predicted molar refractivity (Wildman–Crippen MR) is 241 cm³/mol. The van der Waals surface area contributed by atoms with Gasteiger partial charge in [0.2, 0.25) is 11.8 Å². The number of rotatable bonds is 5. The van der Waals surface area contributed by atoms with Crippen LogP contribution in [0.25, 0.3) is 16.6 Å². The van der Waals surface area contributed by atoms with E-state index in [1.807, 2.05) is 18.2 Å². The second-order valence-corrected chi connectivity index (χ2v) is 20.4. The number of amides is 3. The molecule has 2 aliphatic carbocycles. The number of piperidine rings is 2. The fraction of sp³-hybridized carbons (Fsp3) is 0.540. The number of ether oxygens (including phenoxy) is 1. The molecule has 1 atom stereocenters. The lowest BCUT2D eigenvalue weighted by Crippen LogP contribution is -2.52. The Morgan fingerprint density at radius 1 is 0.825 bits per heavy atom. The Morgan fingerprint density at radius 2 is 1.60 bits per heavy atom. The molecule has 2 saturated carbocycles. The maximum atomic E-state index is 13.4. The summed E-state index contributed by atoms with van der Waals surface area (Å²) in [5, 5.41) is 3.38. The number of anilines is 1.